The Labute approximate surface area is 266 Å². The number of benzene rings is 3. The molecule has 0 fully saturated rings. The number of nitrogens with zero attached hydrogens (tertiary/aromatic N) is 1. The Bertz CT molecular complexity index is 1440. The number of rotatable bonds is 12. The highest BCUT2D eigenvalue weighted by molar-refractivity contribution is 6.32. The number of fused-ring (bicyclic) bond motifs is 1. The second-order valence-corrected chi connectivity index (χ2v) is 10.1. The van der Waals surface area contributed by atoms with Gasteiger partial charge in [-0.05, 0) is 67.3 Å². The van der Waals surface area contributed by atoms with Gasteiger partial charge in [0.15, 0.2) is 0 Å². The number of H-pyrrole nitrogens is 1. The molecule has 0 aliphatic heterocycles. The number of alkyl halides is 3. The van der Waals surface area contributed by atoms with E-state index in [1.807, 2.05) is 96.3 Å². The molecule has 0 saturated heterocycles. The average Bonchev–Trinajstić information content (AvgIpc) is 3.51. The van der Waals surface area contributed by atoms with Crippen molar-refractivity contribution in [2.24, 2.45) is 0 Å². The van der Waals surface area contributed by atoms with Gasteiger partial charge in [0.2, 0.25) is 0 Å². The van der Waals surface area contributed by atoms with Gasteiger partial charge in [-0.1, -0.05) is 100.0 Å². The van der Waals surface area contributed by atoms with Gasteiger partial charge in [0, 0.05) is 42.7 Å². The fraction of sp³-hybridized carbons (Fsp3) is 0.351. The molecule has 238 valence electrons. The summed E-state index contributed by atoms with van der Waals surface area (Å²) in [4.78, 5) is 5.34. The molecular weight excluding hydrogens is 581 g/mol. The van der Waals surface area contributed by atoms with Crippen LogP contribution in [0.3, 0.4) is 0 Å². The van der Waals surface area contributed by atoms with Gasteiger partial charge in [-0.15, -0.1) is 0 Å². The van der Waals surface area contributed by atoms with E-state index in [0.29, 0.717) is 31.7 Å². The molecule has 7 heteroatoms. The molecular formula is C37H46ClF3N2O. The molecule has 3 nitrogen and oxygen atoms in total. The number of ether oxygens (including phenoxy) is 1. The second kappa shape index (κ2) is 19.0. The van der Waals surface area contributed by atoms with Gasteiger partial charge in [0.05, 0.1) is 17.2 Å². The van der Waals surface area contributed by atoms with Crippen molar-refractivity contribution >= 4 is 22.5 Å². The summed E-state index contributed by atoms with van der Waals surface area (Å²) in [5.41, 5.74) is 2.98. The minimum absolute atomic E-state index is 0.0314. The number of aromatic nitrogens is 1. The maximum atomic E-state index is 13.6. The first kappa shape index (κ1) is 36.7. The van der Waals surface area contributed by atoms with E-state index >= 15 is 0 Å². The highest BCUT2D eigenvalue weighted by atomic mass is 35.5. The van der Waals surface area contributed by atoms with Gasteiger partial charge < -0.3 is 9.72 Å². The number of hydrogen-bond acceptors (Lipinski definition) is 2. The fourth-order valence-electron chi connectivity index (χ4n) is 4.95. The van der Waals surface area contributed by atoms with Crippen LogP contribution in [0.15, 0.2) is 103 Å². The Kier molecular flexibility index (Phi) is 15.9. The van der Waals surface area contributed by atoms with Gasteiger partial charge >= 0.3 is 6.18 Å². The van der Waals surface area contributed by atoms with E-state index in [0.717, 1.165) is 33.9 Å². The summed E-state index contributed by atoms with van der Waals surface area (Å²) in [5.74, 6) is 0.815. The zero-order valence-corrected chi connectivity index (χ0v) is 27.5. The lowest BCUT2D eigenvalue weighted by atomic mass is 9.89. The average molecular weight is 627 g/mol. The molecule has 44 heavy (non-hydrogen) atoms. The predicted molar refractivity (Wildman–Crippen MR) is 181 cm³/mol. The molecule has 0 spiro atoms. The summed E-state index contributed by atoms with van der Waals surface area (Å²) in [6.07, 6.45) is 4.26. The molecule has 1 aromatic heterocycles. The van der Waals surface area contributed by atoms with Crippen molar-refractivity contribution in [3.63, 3.8) is 0 Å². The van der Waals surface area contributed by atoms with Gasteiger partial charge in [0.1, 0.15) is 5.75 Å². The van der Waals surface area contributed by atoms with Crippen molar-refractivity contribution < 1.29 is 17.9 Å². The maximum Gasteiger partial charge on any atom is 0.417 e. The second-order valence-electron chi connectivity index (χ2n) is 9.69. The number of nitrogens with one attached hydrogen (secondary N) is 1. The van der Waals surface area contributed by atoms with E-state index in [9.17, 15) is 13.2 Å². The first-order valence-electron chi connectivity index (χ1n) is 15.4. The lowest BCUT2D eigenvalue weighted by Crippen LogP contribution is -2.31. The Morgan fingerprint density at radius 3 is 2.34 bits per heavy atom. The van der Waals surface area contributed by atoms with E-state index in [1.165, 1.54) is 6.07 Å². The Morgan fingerprint density at radius 2 is 1.68 bits per heavy atom. The molecule has 0 saturated carbocycles. The highest BCUT2D eigenvalue weighted by Crippen LogP contribution is 2.37. The predicted octanol–water partition coefficient (Wildman–Crippen LogP) is 11.5. The van der Waals surface area contributed by atoms with E-state index in [1.54, 1.807) is 6.07 Å². The molecule has 1 heterocycles. The van der Waals surface area contributed by atoms with Crippen LogP contribution in [0.25, 0.3) is 10.9 Å². The molecule has 0 bridgehead atoms. The standard InChI is InChI=1S/C33H34ClF3N2O.2C2H6/c1-3-10-24(4-2)29(25-11-6-5-7-12-25)23-39(22-27-13-8-14-30(32(27)34)33(35,36)37)19-9-20-40-28-15-16-31-26(21-28)17-18-38-31;2*1-2/h3-8,10-18,21,29,38H,9,19-20,22-23H2,1-2H3;2*1-2H3/b10-3-,24-4+;;. The lowest BCUT2D eigenvalue weighted by molar-refractivity contribution is -0.137. The molecule has 0 aliphatic rings. The van der Waals surface area contributed by atoms with Crippen molar-refractivity contribution in [2.75, 3.05) is 19.7 Å². The summed E-state index contributed by atoms with van der Waals surface area (Å²) in [7, 11) is 0. The minimum atomic E-state index is -4.51. The van der Waals surface area contributed by atoms with Gasteiger partial charge in [-0.3, -0.25) is 4.90 Å². The van der Waals surface area contributed by atoms with Crippen LogP contribution in [0.2, 0.25) is 5.02 Å². The van der Waals surface area contributed by atoms with Crippen molar-refractivity contribution in [2.45, 2.75) is 66.6 Å². The van der Waals surface area contributed by atoms with Crippen LogP contribution in [0.1, 0.15) is 70.6 Å². The van der Waals surface area contributed by atoms with Crippen molar-refractivity contribution in [1.29, 1.82) is 0 Å². The summed E-state index contributed by atoms with van der Waals surface area (Å²) < 4.78 is 46.8. The van der Waals surface area contributed by atoms with Crippen LogP contribution in [0.5, 0.6) is 5.75 Å². The minimum Gasteiger partial charge on any atom is -0.494 e. The largest absolute Gasteiger partial charge is 0.494 e. The molecule has 0 aliphatic carbocycles. The molecule has 1 atom stereocenters. The number of hydrogen-bond donors (Lipinski definition) is 1. The van der Waals surface area contributed by atoms with Crippen molar-refractivity contribution in [3.8, 4) is 5.75 Å². The Morgan fingerprint density at radius 1 is 0.955 bits per heavy atom. The molecule has 1 N–H and O–H groups in total. The topological polar surface area (TPSA) is 28.3 Å². The van der Waals surface area contributed by atoms with Gasteiger partial charge in [-0.25, -0.2) is 0 Å². The van der Waals surface area contributed by atoms with E-state index < -0.39 is 11.7 Å². The maximum absolute atomic E-state index is 13.6. The van der Waals surface area contributed by atoms with E-state index in [-0.39, 0.29) is 17.5 Å². The van der Waals surface area contributed by atoms with Crippen LogP contribution in [-0.4, -0.2) is 29.6 Å². The molecule has 0 radical (unpaired) electrons. The number of aromatic amines is 1. The lowest BCUT2D eigenvalue weighted by Gasteiger charge is -2.29. The zero-order chi connectivity index (χ0) is 32.5. The summed E-state index contributed by atoms with van der Waals surface area (Å²) >= 11 is 6.31. The van der Waals surface area contributed by atoms with Crippen LogP contribution in [-0.2, 0) is 12.7 Å². The van der Waals surface area contributed by atoms with Crippen LogP contribution in [0, 0.1) is 0 Å². The highest BCUT2D eigenvalue weighted by Gasteiger charge is 2.34. The molecule has 1 unspecified atom stereocenters. The van der Waals surface area contributed by atoms with E-state index in [2.05, 4.69) is 34.2 Å². The third kappa shape index (κ3) is 10.6. The SMILES string of the molecule is C/C=C\C(=C/C)C(CN(CCCOc1ccc2[nH]ccc2c1)Cc1cccc(C(F)(F)F)c1Cl)c1ccccc1.CC.CC. The van der Waals surface area contributed by atoms with Gasteiger partial charge in [-0.2, -0.15) is 13.2 Å². The Hall–Kier alpha value is -3.48. The van der Waals surface area contributed by atoms with Gasteiger partial charge in [0.25, 0.3) is 0 Å². The normalized spacial score (nSPS) is 12.5. The van der Waals surface area contributed by atoms with E-state index in [4.69, 9.17) is 16.3 Å². The quantitative estimate of drug-likeness (QED) is 0.125. The summed E-state index contributed by atoms with van der Waals surface area (Å²) in [6, 6.07) is 22.2. The summed E-state index contributed by atoms with van der Waals surface area (Å²) in [6.45, 7) is 14.0. The van der Waals surface area contributed by atoms with Crippen LogP contribution in [0.4, 0.5) is 13.2 Å². The Balaban J connectivity index is 0.00000162. The molecule has 4 aromatic rings. The smallest absolute Gasteiger partial charge is 0.417 e. The molecule has 4 rings (SSSR count). The van der Waals surface area contributed by atoms with Crippen LogP contribution >= 0.6 is 11.6 Å². The molecule has 0 amide bonds. The fourth-order valence-corrected chi connectivity index (χ4v) is 5.24. The zero-order valence-electron chi connectivity index (χ0n) is 26.7. The number of halogens is 4. The first-order chi connectivity index (χ1) is 21.3. The third-order valence-corrected chi connectivity index (χ3v) is 7.37. The van der Waals surface area contributed by atoms with Crippen LogP contribution < -0.4 is 4.74 Å². The van der Waals surface area contributed by atoms with Crippen molar-refractivity contribution in [3.05, 3.63) is 125 Å². The third-order valence-electron chi connectivity index (χ3n) is 6.93. The summed E-state index contributed by atoms with van der Waals surface area (Å²) in [5, 5.41) is 0.832. The first-order valence-corrected chi connectivity index (χ1v) is 15.8. The molecule has 3 aromatic carbocycles. The monoisotopic (exact) mass is 626 g/mol. The van der Waals surface area contributed by atoms with Crippen molar-refractivity contribution in [1.82, 2.24) is 9.88 Å². The number of allylic oxidation sites excluding steroid dienone is 3.